The highest BCUT2D eigenvalue weighted by molar-refractivity contribution is 7.86. The van der Waals surface area contributed by atoms with Gasteiger partial charge in [-0.3, -0.25) is 9.35 Å². The molecule has 0 spiro atoms. The van der Waals surface area contributed by atoms with Crippen LogP contribution in [-0.4, -0.2) is 54.7 Å². The van der Waals surface area contributed by atoms with E-state index in [2.05, 4.69) is 0 Å². The summed E-state index contributed by atoms with van der Waals surface area (Å²) in [5, 5.41) is 9.03. The Hall–Kier alpha value is -0.700. The van der Waals surface area contributed by atoms with Crippen LogP contribution in [-0.2, 0) is 24.4 Å². The average Bonchev–Trinajstić information content (AvgIpc) is 2.35. The van der Waals surface area contributed by atoms with Gasteiger partial charge >= 0.3 is 5.97 Å². The minimum absolute atomic E-state index is 0.0801. The second-order valence-electron chi connectivity index (χ2n) is 5.18. The van der Waals surface area contributed by atoms with Gasteiger partial charge in [0.25, 0.3) is 10.1 Å². The highest BCUT2D eigenvalue weighted by Crippen LogP contribution is 2.17. The molecule has 0 rings (SSSR count). The molecule has 0 fully saturated rings. The molecule has 0 aliphatic carbocycles. The molecule has 0 amide bonds. The van der Waals surface area contributed by atoms with Crippen LogP contribution in [0.2, 0.25) is 0 Å². The van der Waals surface area contributed by atoms with Gasteiger partial charge in [0, 0.05) is 20.5 Å². The summed E-state index contributed by atoms with van der Waals surface area (Å²) in [6.07, 6.45) is -0.551. The molecular weight excluding hydrogens is 300 g/mol. The van der Waals surface area contributed by atoms with E-state index in [1.807, 2.05) is 6.92 Å². The van der Waals surface area contributed by atoms with Crippen LogP contribution < -0.4 is 0 Å². The number of aliphatic hydroxyl groups is 1. The molecule has 0 saturated carbocycles. The first-order valence-corrected chi connectivity index (χ1v) is 8.44. The van der Waals surface area contributed by atoms with Crippen molar-refractivity contribution in [1.82, 2.24) is 0 Å². The smallest absolute Gasteiger partial charge is 0.302 e. The van der Waals surface area contributed by atoms with E-state index >= 15 is 0 Å². The van der Waals surface area contributed by atoms with Gasteiger partial charge in [0.05, 0.1) is 17.5 Å². The molecule has 0 aliphatic rings. The number of rotatable bonds is 10. The maximum atomic E-state index is 11.0. The van der Waals surface area contributed by atoms with Crippen LogP contribution in [0.5, 0.6) is 0 Å². The number of hydrogen-bond acceptors (Lipinski definition) is 6. The fourth-order valence-electron chi connectivity index (χ4n) is 2.02. The SMILES string of the molecule is CCC(CC(O)CC(CC(C)S(=O)(=O)O)OC)OC(C)=O. The lowest BCUT2D eigenvalue weighted by molar-refractivity contribution is -0.148. The molecule has 2 N–H and O–H groups in total. The molecule has 0 aromatic heterocycles. The Morgan fingerprint density at radius 2 is 1.71 bits per heavy atom. The Morgan fingerprint density at radius 3 is 2.10 bits per heavy atom. The predicted octanol–water partition coefficient (Wildman–Crippen LogP) is 1.15. The first kappa shape index (κ1) is 20.3. The summed E-state index contributed by atoms with van der Waals surface area (Å²) in [5.74, 6) is -0.405. The van der Waals surface area contributed by atoms with Crippen LogP contribution in [0.4, 0.5) is 0 Å². The third-order valence-electron chi connectivity index (χ3n) is 3.29. The molecule has 0 aromatic carbocycles. The van der Waals surface area contributed by atoms with Crippen molar-refractivity contribution in [2.45, 2.75) is 70.0 Å². The molecule has 0 aromatic rings. The van der Waals surface area contributed by atoms with Crippen LogP contribution >= 0.6 is 0 Å². The van der Waals surface area contributed by atoms with Crippen molar-refractivity contribution in [3.8, 4) is 0 Å². The fourth-order valence-corrected chi connectivity index (χ4v) is 2.47. The molecule has 0 radical (unpaired) electrons. The monoisotopic (exact) mass is 326 g/mol. The minimum Gasteiger partial charge on any atom is -0.462 e. The second-order valence-corrected chi connectivity index (χ2v) is 7.02. The normalized spacial score (nSPS) is 17.8. The van der Waals surface area contributed by atoms with Crippen LogP contribution in [0.3, 0.4) is 0 Å². The van der Waals surface area contributed by atoms with Gasteiger partial charge in [-0.1, -0.05) is 6.92 Å². The van der Waals surface area contributed by atoms with Crippen molar-refractivity contribution in [2.24, 2.45) is 0 Å². The lowest BCUT2D eigenvalue weighted by atomic mass is 10.0. The van der Waals surface area contributed by atoms with Crippen LogP contribution in [0, 0.1) is 0 Å². The molecule has 4 atom stereocenters. The van der Waals surface area contributed by atoms with Gasteiger partial charge < -0.3 is 14.6 Å². The van der Waals surface area contributed by atoms with E-state index in [-0.39, 0.29) is 25.4 Å². The zero-order chi connectivity index (χ0) is 16.6. The fraction of sp³-hybridized carbons (Fsp3) is 0.923. The molecule has 126 valence electrons. The highest BCUT2D eigenvalue weighted by atomic mass is 32.2. The average molecular weight is 326 g/mol. The van der Waals surface area contributed by atoms with Crippen molar-refractivity contribution in [3.05, 3.63) is 0 Å². The van der Waals surface area contributed by atoms with Crippen molar-refractivity contribution >= 4 is 16.1 Å². The van der Waals surface area contributed by atoms with Crippen molar-refractivity contribution < 1.29 is 32.3 Å². The summed E-state index contributed by atoms with van der Waals surface area (Å²) < 4.78 is 41.1. The lowest BCUT2D eigenvalue weighted by Crippen LogP contribution is -2.30. The topological polar surface area (TPSA) is 110 Å². The molecular formula is C13H26O7S. The lowest BCUT2D eigenvalue weighted by Gasteiger charge is -2.23. The second kappa shape index (κ2) is 9.34. The molecule has 0 aliphatic heterocycles. The summed E-state index contributed by atoms with van der Waals surface area (Å²) in [4.78, 5) is 10.9. The molecule has 0 heterocycles. The van der Waals surface area contributed by atoms with Crippen LogP contribution in [0.1, 0.15) is 46.5 Å². The van der Waals surface area contributed by atoms with Gasteiger partial charge in [0.15, 0.2) is 0 Å². The molecule has 8 heteroatoms. The van der Waals surface area contributed by atoms with E-state index in [9.17, 15) is 18.3 Å². The number of methoxy groups -OCH3 is 1. The van der Waals surface area contributed by atoms with Crippen molar-refractivity contribution in [2.75, 3.05) is 7.11 Å². The minimum atomic E-state index is -4.12. The van der Waals surface area contributed by atoms with Crippen LogP contribution in [0.25, 0.3) is 0 Å². The predicted molar refractivity (Wildman–Crippen MR) is 77.5 cm³/mol. The molecule has 21 heavy (non-hydrogen) atoms. The first-order chi connectivity index (χ1) is 9.59. The van der Waals surface area contributed by atoms with E-state index in [4.69, 9.17) is 14.0 Å². The van der Waals surface area contributed by atoms with E-state index in [0.717, 1.165) is 0 Å². The third kappa shape index (κ3) is 9.02. The summed E-state index contributed by atoms with van der Waals surface area (Å²) in [5.41, 5.74) is 0. The Labute approximate surface area is 126 Å². The Bertz CT molecular complexity index is 407. The van der Waals surface area contributed by atoms with E-state index in [1.165, 1.54) is 21.0 Å². The highest BCUT2D eigenvalue weighted by Gasteiger charge is 2.25. The number of aliphatic hydroxyl groups excluding tert-OH is 1. The van der Waals surface area contributed by atoms with Gasteiger partial charge in [-0.05, 0) is 26.2 Å². The Morgan fingerprint density at radius 1 is 1.19 bits per heavy atom. The van der Waals surface area contributed by atoms with E-state index in [0.29, 0.717) is 6.42 Å². The van der Waals surface area contributed by atoms with Gasteiger partial charge in [-0.25, -0.2) is 0 Å². The molecule has 7 nitrogen and oxygen atoms in total. The maximum absolute atomic E-state index is 11.0. The standard InChI is InChI=1S/C13H26O7S/c1-5-12(20-10(3)14)7-11(15)8-13(19-4)6-9(2)21(16,17)18/h9,11-13,15H,5-8H2,1-4H3,(H,16,17,18). The summed E-state index contributed by atoms with van der Waals surface area (Å²) >= 11 is 0. The summed E-state index contributed by atoms with van der Waals surface area (Å²) in [6.45, 7) is 4.52. The Kier molecular flexibility index (Phi) is 9.03. The summed E-state index contributed by atoms with van der Waals surface area (Å²) in [7, 11) is -2.70. The number of ether oxygens (including phenoxy) is 2. The van der Waals surface area contributed by atoms with Gasteiger partial charge in [0.2, 0.25) is 0 Å². The summed E-state index contributed by atoms with van der Waals surface area (Å²) in [6, 6.07) is 0. The zero-order valence-corrected chi connectivity index (χ0v) is 13.8. The van der Waals surface area contributed by atoms with Gasteiger partial charge in [0.1, 0.15) is 6.10 Å². The number of hydrogen-bond donors (Lipinski definition) is 2. The largest absolute Gasteiger partial charge is 0.462 e. The number of carbonyl (C=O) groups excluding carboxylic acids is 1. The molecule has 0 saturated heterocycles. The zero-order valence-electron chi connectivity index (χ0n) is 13.0. The quantitative estimate of drug-likeness (QED) is 0.457. The van der Waals surface area contributed by atoms with E-state index < -0.39 is 33.5 Å². The van der Waals surface area contributed by atoms with Crippen LogP contribution in [0.15, 0.2) is 0 Å². The van der Waals surface area contributed by atoms with Gasteiger partial charge in [-0.15, -0.1) is 0 Å². The first-order valence-electron chi connectivity index (χ1n) is 6.94. The van der Waals surface area contributed by atoms with Gasteiger partial charge in [-0.2, -0.15) is 8.42 Å². The maximum Gasteiger partial charge on any atom is 0.302 e. The Balaban J connectivity index is 4.44. The number of esters is 1. The van der Waals surface area contributed by atoms with E-state index in [1.54, 1.807) is 0 Å². The number of carbonyl (C=O) groups is 1. The molecule has 4 unspecified atom stereocenters. The van der Waals surface area contributed by atoms with Crippen molar-refractivity contribution in [3.63, 3.8) is 0 Å². The molecule has 0 bridgehead atoms. The van der Waals surface area contributed by atoms with Crippen molar-refractivity contribution in [1.29, 1.82) is 0 Å². The third-order valence-corrected chi connectivity index (χ3v) is 4.50.